The Balaban J connectivity index is 3.24. The minimum atomic E-state index is -0.479. The van der Waals surface area contributed by atoms with Crippen LogP contribution >= 0.6 is 0 Å². The molecule has 1 aromatic carbocycles. The Morgan fingerprint density at radius 1 is 1.56 bits per heavy atom. The summed E-state index contributed by atoms with van der Waals surface area (Å²) >= 11 is 0. The topological polar surface area (TPSA) is 79.0 Å². The third kappa shape index (κ3) is 2.84. The highest BCUT2D eigenvalue weighted by atomic mass is 16.6. The molecule has 5 heteroatoms. The third-order valence-electron chi connectivity index (χ3n) is 3.27. The van der Waals surface area contributed by atoms with Crippen molar-refractivity contribution in [2.75, 3.05) is 7.05 Å². The van der Waals surface area contributed by atoms with E-state index in [0.29, 0.717) is 5.56 Å². The molecule has 0 fully saturated rings. The molecule has 5 nitrogen and oxygen atoms in total. The van der Waals surface area contributed by atoms with Crippen molar-refractivity contribution in [3.8, 4) is 6.07 Å². The fourth-order valence-electron chi connectivity index (χ4n) is 2.12. The van der Waals surface area contributed by atoms with E-state index in [9.17, 15) is 10.1 Å². The van der Waals surface area contributed by atoms with Crippen molar-refractivity contribution in [3.63, 3.8) is 0 Å². The number of non-ortho nitro benzene ring substituents is 1. The summed E-state index contributed by atoms with van der Waals surface area (Å²) in [5.74, 6) is 0.172. The van der Waals surface area contributed by atoms with Crippen molar-refractivity contribution in [2.24, 2.45) is 0 Å². The number of nitrogens with zero attached hydrogens (tertiary/aromatic N) is 2. The molecule has 0 spiro atoms. The Hall–Kier alpha value is -1.93. The molecule has 0 saturated carbocycles. The van der Waals surface area contributed by atoms with Crippen LogP contribution in [0.1, 0.15) is 37.3 Å². The average molecular weight is 247 g/mol. The first-order chi connectivity index (χ1) is 8.54. The Morgan fingerprint density at radius 3 is 2.67 bits per heavy atom. The van der Waals surface area contributed by atoms with Gasteiger partial charge in [0.2, 0.25) is 0 Å². The standard InChI is InChI=1S/C13H17N3O2/c1-4-12(9(2)15-3)13-6-5-11(16(17)18)7-10(13)8-14/h5-7,9,12,15H,4H2,1-3H3. The van der Waals surface area contributed by atoms with Crippen molar-refractivity contribution >= 4 is 5.69 Å². The van der Waals surface area contributed by atoms with Gasteiger partial charge in [-0.3, -0.25) is 10.1 Å². The number of hydrogen-bond acceptors (Lipinski definition) is 4. The number of nitrogens with one attached hydrogen (secondary N) is 1. The number of likely N-dealkylation sites (N-methyl/N-ethyl adjacent to an activating group) is 1. The molecule has 0 radical (unpaired) electrons. The van der Waals surface area contributed by atoms with Gasteiger partial charge in [0.25, 0.3) is 5.69 Å². The second-order valence-corrected chi connectivity index (χ2v) is 4.23. The highest BCUT2D eigenvalue weighted by molar-refractivity contribution is 5.48. The molecule has 1 rings (SSSR count). The SMILES string of the molecule is CCC(c1ccc([N+](=O)[O-])cc1C#N)C(C)NC. The molecule has 96 valence electrons. The molecule has 0 amide bonds. The summed E-state index contributed by atoms with van der Waals surface area (Å²) in [4.78, 5) is 10.2. The molecular formula is C13H17N3O2. The Bertz CT molecular complexity index is 480. The van der Waals surface area contributed by atoms with Gasteiger partial charge in [-0.15, -0.1) is 0 Å². The van der Waals surface area contributed by atoms with Crippen LogP contribution in [0.5, 0.6) is 0 Å². The van der Waals surface area contributed by atoms with Gasteiger partial charge in [-0.05, 0) is 31.9 Å². The van der Waals surface area contributed by atoms with Gasteiger partial charge in [0.15, 0.2) is 0 Å². The van der Waals surface area contributed by atoms with Crippen LogP contribution in [-0.4, -0.2) is 18.0 Å². The molecule has 18 heavy (non-hydrogen) atoms. The van der Waals surface area contributed by atoms with Crippen LogP contribution in [0.25, 0.3) is 0 Å². The van der Waals surface area contributed by atoms with Gasteiger partial charge in [0.05, 0.1) is 16.6 Å². The minimum absolute atomic E-state index is 0.0396. The molecule has 0 heterocycles. The molecule has 0 saturated heterocycles. The summed E-state index contributed by atoms with van der Waals surface area (Å²) in [6.45, 7) is 4.08. The molecule has 2 atom stereocenters. The van der Waals surface area contributed by atoms with E-state index in [1.807, 2.05) is 20.9 Å². The van der Waals surface area contributed by atoms with E-state index < -0.39 is 4.92 Å². The van der Waals surface area contributed by atoms with Gasteiger partial charge >= 0.3 is 0 Å². The normalized spacial score (nSPS) is 13.7. The smallest absolute Gasteiger partial charge is 0.270 e. The molecular weight excluding hydrogens is 230 g/mol. The van der Waals surface area contributed by atoms with Crippen molar-refractivity contribution < 1.29 is 4.92 Å². The van der Waals surface area contributed by atoms with Gasteiger partial charge in [0.1, 0.15) is 0 Å². The summed E-state index contributed by atoms with van der Waals surface area (Å²) in [5, 5.41) is 23.0. The fraction of sp³-hybridized carbons (Fsp3) is 0.462. The van der Waals surface area contributed by atoms with Crippen LogP contribution in [0.2, 0.25) is 0 Å². The second-order valence-electron chi connectivity index (χ2n) is 4.23. The lowest BCUT2D eigenvalue weighted by Crippen LogP contribution is -2.29. The van der Waals surface area contributed by atoms with E-state index in [0.717, 1.165) is 12.0 Å². The number of benzene rings is 1. The number of nitriles is 1. The van der Waals surface area contributed by atoms with Crippen LogP contribution < -0.4 is 5.32 Å². The van der Waals surface area contributed by atoms with Crippen LogP contribution in [-0.2, 0) is 0 Å². The molecule has 1 aromatic rings. The highest BCUT2D eigenvalue weighted by Gasteiger charge is 2.21. The van der Waals surface area contributed by atoms with E-state index in [2.05, 4.69) is 11.4 Å². The first-order valence-corrected chi connectivity index (χ1v) is 5.90. The predicted octanol–water partition coefficient (Wildman–Crippen LogP) is 2.57. The van der Waals surface area contributed by atoms with Crippen LogP contribution in [0.3, 0.4) is 0 Å². The van der Waals surface area contributed by atoms with Gasteiger partial charge in [-0.1, -0.05) is 13.0 Å². The lowest BCUT2D eigenvalue weighted by molar-refractivity contribution is -0.384. The molecule has 0 aliphatic carbocycles. The van der Waals surface area contributed by atoms with E-state index in [4.69, 9.17) is 5.26 Å². The summed E-state index contributed by atoms with van der Waals surface area (Å²) in [6, 6.07) is 6.76. The second kappa shape index (κ2) is 6.12. The number of nitro groups is 1. The highest BCUT2D eigenvalue weighted by Crippen LogP contribution is 2.28. The van der Waals surface area contributed by atoms with Gasteiger partial charge in [-0.2, -0.15) is 5.26 Å². The Kier molecular flexibility index (Phi) is 4.81. The lowest BCUT2D eigenvalue weighted by Gasteiger charge is -2.23. The van der Waals surface area contributed by atoms with Crippen molar-refractivity contribution in [1.82, 2.24) is 5.32 Å². The maximum absolute atomic E-state index is 10.7. The van der Waals surface area contributed by atoms with Crippen LogP contribution in [0.15, 0.2) is 18.2 Å². The fourth-order valence-corrected chi connectivity index (χ4v) is 2.12. The molecule has 0 aromatic heterocycles. The zero-order chi connectivity index (χ0) is 13.7. The molecule has 0 aliphatic heterocycles. The maximum Gasteiger partial charge on any atom is 0.270 e. The maximum atomic E-state index is 10.7. The minimum Gasteiger partial charge on any atom is -0.317 e. The molecule has 1 N–H and O–H groups in total. The monoisotopic (exact) mass is 247 g/mol. The van der Waals surface area contributed by atoms with Crippen molar-refractivity contribution in [2.45, 2.75) is 32.2 Å². The third-order valence-corrected chi connectivity index (χ3v) is 3.27. The zero-order valence-electron chi connectivity index (χ0n) is 10.8. The Labute approximate surface area is 107 Å². The number of nitro benzene ring substituents is 1. The quantitative estimate of drug-likeness (QED) is 0.640. The average Bonchev–Trinajstić information content (AvgIpc) is 2.39. The molecule has 0 bridgehead atoms. The summed E-state index contributed by atoms with van der Waals surface area (Å²) in [6.07, 6.45) is 0.870. The van der Waals surface area contributed by atoms with E-state index in [1.165, 1.54) is 12.1 Å². The first kappa shape index (κ1) is 14.1. The predicted molar refractivity (Wildman–Crippen MR) is 69.4 cm³/mol. The number of rotatable bonds is 5. The van der Waals surface area contributed by atoms with Crippen molar-refractivity contribution in [3.05, 3.63) is 39.4 Å². The summed E-state index contributed by atoms with van der Waals surface area (Å²) < 4.78 is 0. The van der Waals surface area contributed by atoms with E-state index in [1.54, 1.807) is 6.07 Å². The van der Waals surface area contributed by atoms with Gasteiger partial charge in [0, 0.05) is 18.2 Å². The molecule has 2 unspecified atom stereocenters. The molecule has 0 aliphatic rings. The van der Waals surface area contributed by atoms with E-state index in [-0.39, 0.29) is 17.6 Å². The largest absolute Gasteiger partial charge is 0.317 e. The number of hydrogen-bond donors (Lipinski definition) is 1. The zero-order valence-corrected chi connectivity index (χ0v) is 10.8. The van der Waals surface area contributed by atoms with Crippen molar-refractivity contribution in [1.29, 1.82) is 5.26 Å². The first-order valence-electron chi connectivity index (χ1n) is 5.90. The van der Waals surface area contributed by atoms with Crippen LogP contribution in [0.4, 0.5) is 5.69 Å². The van der Waals surface area contributed by atoms with Crippen LogP contribution in [0, 0.1) is 21.4 Å². The van der Waals surface area contributed by atoms with Gasteiger partial charge < -0.3 is 5.32 Å². The summed E-state index contributed by atoms with van der Waals surface area (Å²) in [7, 11) is 1.87. The summed E-state index contributed by atoms with van der Waals surface area (Å²) in [5.41, 5.74) is 1.22. The van der Waals surface area contributed by atoms with E-state index >= 15 is 0 Å². The lowest BCUT2D eigenvalue weighted by atomic mass is 9.87. The Morgan fingerprint density at radius 2 is 2.22 bits per heavy atom. The van der Waals surface area contributed by atoms with Gasteiger partial charge in [-0.25, -0.2) is 0 Å².